The van der Waals surface area contributed by atoms with Gasteiger partial charge in [-0.25, -0.2) is 0 Å². The fourth-order valence-electron chi connectivity index (χ4n) is 2.50. The van der Waals surface area contributed by atoms with Gasteiger partial charge in [-0.3, -0.25) is 0 Å². The van der Waals surface area contributed by atoms with Crippen molar-refractivity contribution >= 4 is 0 Å². The van der Waals surface area contributed by atoms with E-state index in [1.54, 1.807) is 7.11 Å². The second-order valence-corrected chi connectivity index (χ2v) is 6.33. The zero-order valence-electron chi connectivity index (χ0n) is 11.7. The SMILES string of the molecule is COc1cc(C(C)(C)C)c(O)c(C2(N)CCC2)c1. The van der Waals surface area contributed by atoms with Crippen LogP contribution in [0.2, 0.25) is 0 Å². The topological polar surface area (TPSA) is 55.5 Å². The number of aromatic hydroxyl groups is 1. The van der Waals surface area contributed by atoms with Crippen LogP contribution in [0.5, 0.6) is 11.5 Å². The zero-order valence-corrected chi connectivity index (χ0v) is 11.7. The molecule has 0 aliphatic heterocycles. The van der Waals surface area contributed by atoms with E-state index in [9.17, 15) is 5.11 Å². The van der Waals surface area contributed by atoms with Gasteiger partial charge >= 0.3 is 0 Å². The van der Waals surface area contributed by atoms with Crippen LogP contribution < -0.4 is 10.5 Å². The van der Waals surface area contributed by atoms with Crippen LogP contribution in [0.4, 0.5) is 0 Å². The molecule has 0 unspecified atom stereocenters. The third-order valence-electron chi connectivity index (χ3n) is 3.91. The number of methoxy groups -OCH3 is 1. The molecule has 1 aromatic rings. The van der Waals surface area contributed by atoms with E-state index >= 15 is 0 Å². The van der Waals surface area contributed by atoms with Gasteiger partial charge in [0.2, 0.25) is 0 Å². The number of phenolic OH excluding ortho intramolecular Hbond substituents is 1. The molecule has 0 spiro atoms. The summed E-state index contributed by atoms with van der Waals surface area (Å²) < 4.78 is 5.34. The molecule has 0 heterocycles. The quantitative estimate of drug-likeness (QED) is 0.847. The molecular formula is C15H23NO2. The average Bonchev–Trinajstić information content (AvgIpc) is 2.24. The first kappa shape index (κ1) is 13.2. The Hall–Kier alpha value is -1.22. The summed E-state index contributed by atoms with van der Waals surface area (Å²) in [6, 6.07) is 3.78. The highest BCUT2D eigenvalue weighted by Crippen LogP contribution is 2.47. The standard InChI is InChI=1S/C15H23NO2/c1-14(2,3)11-8-10(18-4)9-12(13(11)17)15(16)6-5-7-15/h8-9,17H,5-7,16H2,1-4H3. The first-order chi connectivity index (χ1) is 8.28. The van der Waals surface area contributed by atoms with Gasteiger partial charge in [0.05, 0.1) is 7.11 Å². The molecule has 0 radical (unpaired) electrons. The van der Waals surface area contributed by atoms with Gasteiger partial charge in [0, 0.05) is 16.7 Å². The summed E-state index contributed by atoms with van der Waals surface area (Å²) in [6.07, 6.45) is 2.98. The molecule has 1 aliphatic carbocycles. The maximum atomic E-state index is 10.5. The third kappa shape index (κ3) is 2.07. The lowest BCUT2D eigenvalue weighted by molar-refractivity contribution is 0.243. The molecule has 3 N–H and O–H groups in total. The van der Waals surface area contributed by atoms with Crippen molar-refractivity contribution in [1.82, 2.24) is 0 Å². The Balaban J connectivity index is 2.59. The van der Waals surface area contributed by atoms with Gasteiger partial charge in [-0.05, 0) is 36.8 Å². The summed E-state index contributed by atoms with van der Waals surface area (Å²) in [7, 11) is 1.65. The number of hydrogen-bond donors (Lipinski definition) is 2. The summed E-state index contributed by atoms with van der Waals surface area (Å²) >= 11 is 0. The molecule has 1 aliphatic rings. The van der Waals surface area contributed by atoms with Crippen molar-refractivity contribution in [3.05, 3.63) is 23.3 Å². The molecular weight excluding hydrogens is 226 g/mol. The molecule has 100 valence electrons. The number of ether oxygens (including phenoxy) is 1. The van der Waals surface area contributed by atoms with Gasteiger partial charge < -0.3 is 15.6 Å². The van der Waals surface area contributed by atoms with Crippen molar-refractivity contribution in [3.63, 3.8) is 0 Å². The maximum Gasteiger partial charge on any atom is 0.124 e. The predicted octanol–water partition coefficient (Wildman–Crippen LogP) is 3.04. The lowest BCUT2D eigenvalue weighted by atomic mass is 9.70. The highest BCUT2D eigenvalue weighted by atomic mass is 16.5. The Bertz CT molecular complexity index is 456. The predicted molar refractivity (Wildman–Crippen MR) is 73.1 cm³/mol. The van der Waals surface area contributed by atoms with E-state index in [0.29, 0.717) is 5.75 Å². The van der Waals surface area contributed by atoms with Crippen LogP contribution in [0, 0.1) is 0 Å². The van der Waals surface area contributed by atoms with E-state index in [1.807, 2.05) is 12.1 Å². The fraction of sp³-hybridized carbons (Fsp3) is 0.600. The third-order valence-corrected chi connectivity index (χ3v) is 3.91. The fourth-order valence-corrected chi connectivity index (χ4v) is 2.50. The molecule has 2 rings (SSSR count). The minimum atomic E-state index is -0.376. The Kier molecular flexibility index (Phi) is 3.06. The molecule has 0 amide bonds. The molecule has 0 atom stereocenters. The number of rotatable bonds is 2. The number of hydrogen-bond acceptors (Lipinski definition) is 3. The average molecular weight is 249 g/mol. The minimum Gasteiger partial charge on any atom is -0.507 e. The molecule has 18 heavy (non-hydrogen) atoms. The van der Waals surface area contributed by atoms with E-state index in [-0.39, 0.29) is 11.0 Å². The summed E-state index contributed by atoms with van der Waals surface area (Å²) in [4.78, 5) is 0. The Labute approximate surface area is 109 Å². The molecule has 0 bridgehead atoms. The molecule has 0 aromatic heterocycles. The Morgan fingerprint density at radius 2 is 1.89 bits per heavy atom. The monoisotopic (exact) mass is 249 g/mol. The Morgan fingerprint density at radius 1 is 1.28 bits per heavy atom. The number of phenols is 1. The first-order valence-electron chi connectivity index (χ1n) is 6.49. The van der Waals surface area contributed by atoms with Crippen molar-refractivity contribution < 1.29 is 9.84 Å². The van der Waals surface area contributed by atoms with Crippen molar-refractivity contribution in [2.24, 2.45) is 5.73 Å². The molecule has 1 aromatic carbocycles. The van der Waals surface area contributed by atoms with E-state index < -0.39 is 0 Å². The smallest absolute Gasteiger partial charge is 0.124 e. The van der Waals surface area contributed by atoms with Gasteiger partial charge in [0.1, 0.15) is 11.5 Å². The lowest BCUT2D eigenvalue weighted by Gasteiger charge is -2.40. The van der Waals surface area contributed by atoms with Crippen LogP contribution in [-0.4, -0.2) is 12.2 Å². The zero-order chi connectivity index (χ0) is 13.6. The summed E-state index contributed by atoms with van der Waals surface area (Å²) in [6.45, 7) is 6.24. The molecule has 1 saturated carbocycles. The van der Waals surface area contributed by atoms with E-state index in [0.717, 1.165) is 36.1 Å². The molecule has 1 fully saturated rings. The summed E-state index contributed by atoms with van der Waals surface area (Å²) in [5, 5.41) is 10.5. The summed E-state index contributed by atoms with van der Waals surface area (Å²) in [5.41, 5.74) is 7.57. The normalized spacial score (nSPS) is 18.3. The van der Waals surface area contributed by atoms with Crippen LogP contribution in [-0.2, 0) is 11.0 Å². The van der Waals surface area contributed by atoms with Gasteiger partial charge in [0.25, 0.3) is 0 Å². The van der Waals surface area contributed by atoms with Crippen molar-refractivity contribution in [2.45, 2.75) is 51.0 Å². The van der Waals surface area contributed by atoms with Crippen molar-refractivity contribution in [2.75, 3.05) is 7.11 Å². The first-order valence-corrected chi connectivity index (χ1v) is 6.49. The second kappa shape index (κ2) is 4.16. The van der Waals surface area contributed by atoms with Crippen LogP contribution in [0.3, 0.4) is 0 Å². The van der Waals surface area contributed by atoms with E-state index in [1.165, 1.54) is 0 Å². The number of benzene rings is 1. The Morgan fingerprint density at radius 3 is 2.28 bits per heavy atom. The minimum absolute atomic E-state index is 0.131. The van der Waals surface area contributed by atoms with E-state index in [2.05, 4.69) is 20.8 Å². The highest BCUT2D eigenvalue weighted by molar-refractivity contribution is 5.52. The summed E-state index contributed by atoms with van der Waals surface area (Å²) in [5.74, 6) is 1.11. The van der Waals surface area contributed by atoms with Crippen LogP contribution in [0.25, 0.3) is 0 Å². The molecule has 3 nitrogen and oxygen atoms in total. The van der Waals surface area contributed by atoms with Crippen molar-refractivity contribution in [1.29, 1.82) is 0 Å². The number of nitrogens with two attached hydrogens (primary N) is 1. The van der Waals surface area contributed by atoms with Gasteiger partial charge in [0.15, 0.2) is 0 Å². The lowest BCUT2D eigenvalue weighted by Crippen LogP contribution is -2.43. The highest BCUT2D eigenvalue weighted by Gasteiger charge is 2.38. The molecule has 3 heteroatoms. The second-order valence-electron chi connectivity index (χ2n) is 6.33. The van der Waals surface area contributed by atoms with Crippen molar-refractivity contribution in [3.8, 4) is 11.5 Å². The molecule has 0 saturated heterocycles. The maximum absolute atomic E-state index is 10.5. The van der Waals surface area contributed by atoms with E-state index in [4.69, 9.17) is 10.5 Å². The van der Waals surface area contributed by atoms with Crippen LogP contribution in [0.15, 0.2) is 12.1 Å². The largest absolute Gasteiger partial charge is 0.507 e. The van der Waals surface area contributed by atoms with Crippen LogP contribution >= 0.6 is 0 Å². The van der Waals surface area contributed by atoms with Gasteiger partial charge in [-0.2, -0.15) is 0 Å². The van der Waals surface area contributed by atoms with Crippen LogP contribution in [0.1, 0.15) is 51.2 Å². The van der Waals surface area contributed by atoms with Gasteiger partial charge in [-0.1, -0.05) is 20.8 Å². The van der Waals surface area contributed by atoms with Gasteiger partial charge in [-0.15, -0.1) is 0 Å².